The van der Waals surface area contributed by atoms with Crippen molar-refractivity contribution in [2.45, 2.75) is 13.8 Å². The number of esters is 1. The SMILES string of the molecule is C=C/C=c1/c(C(=O)OCC)c(NC)s/c1=C/C. The van der Waals surface area contributed by atoms with E-state index in [1.54, 1.807) is 20.0 Å². The second-order valence-corrected chi connectivity index (χ2v) is 4.30. The Balaban J connectivity index is 3.55. The highest BCUT2D eigenvalue weighted by Crippen LogP contribution is 2.16. The molecule has 0 aliphatic rings. The third-order valence-corrected chi connectivity index (χ3v) is 3.52. The zero-order valence-corrected chi connectivity index (χ0v) is 11.2. The summed E-state index contributed by atoms with van der Waals surface area (Å²) in [6.45, 7) is 7.79. The largest absolute Gasteiger partial charge is 0.462 e. The highest BCUT2D eigenvalue weighted by atomic mass is 32.1. The molecule has 0 saturated carbocycles. The van der Waals surface area contributed by atoms with Gasteiger partial charge in [-0.05, 0) is 13.8 Å². The van der Waals surface area contributed by atoms with Crippen LogP contribution in [-0.2, 0) is 4.74 Å². The van der Waals surface area contributed by atoms with Crippen LogP contribution in [0.1, 0.15) is 24.2 Å². The minimum absolute atomic E-state index is 0.297. The Bertz CT molecular complexity index is 528. The summed E-state index contributed by atoms with van der Waals surface area (Å²) in [6, 6.07) is 0. The Kier molecular flexibility index (Phi) is 4.97. The summed E-state index contributed by atoms with van der Waals surface area (Å²) in [5, 5.41) is 4.73. The summed E-state index contributed by atoms with van der Waals surface area (Å²) in [4.78, 5) is 11.9. The van der Waals surface area contributed by atoms with Crippen LogP contribution in [0.25, 0.3) is 12.2 Å². The van der Waals surface area contributed by atoms with Gasteiger partial charge in [-0.15, -0.1) is 11.3 Å². The molecule has 0 unspecified atom stereocenters. The van der Waals surface area contributed by atoms with Crippen molar-refractivity contribution in [2.24, 2.45) is 0 Å². The molecule has 0 fully saturated rings. The van der Waals surface area contributed by atoms with Crippen LogP contribution in [0.3, 0.4) is 0 Å². The molecule has 0 amide bonds. The zero-order valence-electron chi connectivity index (χ0n) is 10.4. The van der Waals surface area contributed by atoms with Gasteiger partial charge in [-0.1, -0.05) is 24.8 Å². The second-order valence-electron chi connectivity index (χ2n) is 3.25. The Morgan fingerprint density at radius 2 is 2.29 bits per heavy atom. The van der Waals surface area contributed by atoms with Crippen LogP contribution in [0.5, 0.6) is 0 Å². The van der Waals surface area contributed by atoms with Crippen molar-refractivity contribution in [1.29, 1.82) is 0 Å². The highest BCUT2D eigenvalue weighted by Gasteiger charge is 2.16. The molecule has 4 heteroatoms. The van der Waals surface area contributed by atoms with Gasteiger partial charge in [0.15, 0.2) is 0 Å². The summed E-state index contributed by atoms with van der Waals surface area (Å²) in [6.07, 6.45) is 5.49. The van der Waals surface area contributed by atoms with Crippen LogP contribution < -0.4 is 15.1 Å². The summed E-state index contributed by atoms with van der Waals surface area (Å²) in [5.74, 6) is -0.297. The van der Waals surface area contributed by atoms with Crippen molar-refractivity contribution in [3.8, 4) is 0 Å². The smallest absolute Gasteiger partial charge is 0.341 e. The fourth-order valence-electron chi connectivity index (χ4n) is 1.54. The lowest BCUT2D eigenvalue weighted by molar-refractivity contribution is 0.0526. The number of ether oxygens (including phenoxy) is 1. The molecular formula is C13H17NO2S. The molecule has 0 atom stereocenters. The number of hydrogen-bond donors (Lipinski definition) is 1. The number of carbonyl (C=O) groups excluding carboxylic acids is 1. The average Bonchev–Trinajstić information content (AvgIpc) is 2.68. The van der Waals surface area contributed by atoms with E-state index in [2.05, 4.69) is 11.9 Å². The molecule has 1 aromatic rings. The van der Waals surface area contributed by atoms with E-state index >= 15 is 0 Å². The first kappa shape index (κ1) is 13.5. The lowest BCUT2D eigenvalue weighted by Gasteiger charge is -2.02. The van der Waals surface area contributed by atoms with Gasteiger partial charge in [-0.3, -0.25) is 0 Å². The molecule has 0 bridgehead atoms. The first-order valence-electron chi connectivity index (χ1n) is 5.46. The predicted octanol–water partition coefficient (Wildman–Crippen LogP) is 1.73. The van der Waals surface area contributed by atoms with Gasteiger partial charge in [0.2, 0.25) is 0 Å². The fourth-order valence-corrected chi connectivity index (χ4v) is 2.56. The Morgan fingerprint density at radius 3 is 2.76 bits per heavy atom. The number of allylic oxidation sites excluding steroid dienone is 1. The lowest BCUT2D eigenvalue weighted by Crippen LogP contribution is -2.25. The maximum atomic E-state index is 11.9. The van der Waals surface area contributed by atoms with E-state index in [4.69, 9.17) is 4.74 Å². The number of anilines is 1. The third-order valence-electron chi connectivity index (χ3n) is 2.23. The third kappa shape index (κ3) is 2.77. The number of hydrogen-bond acceptors (Lipinski definition) is 4. The second kappa shape index (κ2) is 6.25. The van der Waals surface area contributed by atoms with Gasteiger partial charge in [-0.2, -0.15) is 0 Å². The molecule has 3 nitrogen and oxygen atoms in total. The molecule has 92 valence electrons. The van der Waals surface area contributed by atoms with E-state index in [1.165, 1.54) is 11.3 Å². The van der Waals surface area contributed by atoms with E-state index in [9.17, 15) is 4.79 Å². The van der Waals surface area contributed by atoms with E-state index in [-0.39, 0.29) is 5.97 Å². The monoisotopic (exact) mass is 251 g/mol. The molecule has 17 heavy (non-hydrogen) atoms. The summed E-state index contributed by atoms with van der Waals surface area (Å²) in [5.41, 5.74) is 0.590. The molecule has 0 aromatic carbocycles. The summed E-state index contributed by atoms with van der Waals surface area (Å²) >= 11 is 1.53. The molecule has 0 saturated heterocycles. The predicted molar refractivity (Wildman–Crippen MR) is 73.9 cm³/mol. The molecule has 1 rings (SSSR count). The van der Waals surface area contributed by atoms with Crippen molar-refractivity contribution in [1.82, 2.24) is 0 Å². The first-order chi connectivity index (χ1) is 8.19. The van der Waals surface area contributed by atoms with Crippen molar-refractivity contribution in [2.75, 3.05) is 19.0 Å². The van der Waals surface area contributed by atoms with Gasteiger partial charge in [0, 0.05) is 16.8 Å². The van der Waals surface area contributed by atoms with E-state index in [0.29, 0.717) is 12.2 Å². The van der Waals surface area contributed by atoms with Gasteiger partial charge in [0.05, 0.1) is 6.61 Å². The standard InChI is InChI=1S/C13H17NO2S/c1-5-8-9-10(6-2)17-12(14-4)11(9)13(15)16-7-3/h5-6,8,14H,1,7H2,2-4H3/b9-8+,10-6+. The molecule has 0 aliphatic carbocycles. The van der Waals surface area contributed by atoms with Crippen molar-refractivity contribution < 1.29 is 9.53 Å². The first-order valence-corrected chi connectivity index (χ1v) is 6.28. The lowest BCUT2D eigenvalue weighted by atomic mass is 10.2. The number of thiophene rings is 1. The van der Waals surface area contributed by atoms with Crippen LogP contribution in [0.15, 0.2) is 12.7 Å². The van der Waals surface area contributed by atoms with Gasteiger partial charge < -0.3 is 10.1 Å². The van der Waals surface area contributed by atoms with Crippen LogP contribution >= 0.6 is 11.3 Å². The van der Waals surface area contributed by atoms with Crippen molar-refractivity contribution in [3.63, 3.8) is 0 Å². The highest BCUT2D eigenvalue weighted by molar-refractivity contribution is 7.14. The normalized spacial score (nSPS) is 12.6. The molecule has 1 aromatic heterocycles. The average molecular weight is 251 g/mol. The van der Waals surface area contributed by atoms with Gasteiger partial charge in [0.25, 0.3) is 0 Å². The molecular weight excluding hydrogens is 234 g/mol. The Labute approximate surface area is 105 Å². The van der Waals surface area contributed by atoms with Crippen molar-refractivity contribution >= 4 is 34.5 Å². The maximum absolute atomic E-state index is 11.9. The number of carbonyl (C=O) groups is 1. The molecule has 0 spiro atoms. The maximum Gasteiger partial charge on any atom is 0.341 e. The molecule has 1 heterocycles. The number of nitrogens with one attached hydrogen (secondary N) is 1. The fraction of sp³-hybridized carbons (Fsp3) is 0.308. The minimum Gasteiger partial charge on any atom is -0.462 e. The minimum atomic E-state index is -0.297. The van der Waals surface area contributed by atoms with Gasteiger partial charge >= 0.3 is 5.97 Å². The molecule has 0 aliphatic heterocycles. The topological polar surface area (TPSA) is 38.3 Å². The van der Waals surface area contributed by atoms with E-state index in [0.717, 1.165) is 14.8 Å². The van der Waals surface area contributed by atoms with Crippen LogP contribution in [0, 0.1) is 0 Å². The molecule has 1 N–H and O–H groups in total. The van der Waals surface area contributed by atoms with E-state index < -0.39 is 0 Å². The van der Waals surface area contributed by atoms with Crippen LogP contribution in [0.4, 0.5) is 5.00 Å². The summed E-state index contributed by atoms with van der Waals surface area (Å²) in [7, 11) is 1.80. The number of rotatable bonds is 4. The Hall–Kier alpha value is -1.55. The van der Waals surface area contributed by atoms with Crippen molar-refractivity contribution in [3.05, 3.63) is 28.0 Å². The zero-order chi connectivity index (χ0) is 12.8. The van der Waals surface area contributed by atoms with Gasteiger partial charge in [0.1, 0.15) is 10.6 Å². The molecule has 0 radical (unpaired) electrons. The Morgan fingerprint density at radius 1 is 1.59 bits per heavy atom. The van der Waals surface area contributed by atoms with Crippen LogP contribution in [0.2, 0.25) is 0 Å². The van der Waals surface area contributed by atoms with Gasteiger partial charge in [-0.25, -0.2) is 4.79 Å². The summed E-state index contributed by atoms with van der Waals surface area (Å²) < 4.78 is 6.11. The van der Waals surface area contributed by atoms with E-state index in [1.807, 2.05) is 19.1 Å². The quantitative estimate of drug-likeness (QED) is 0.828. The van der Waals surface area contributed by atoms with Crippen LogP contribution in [-0.4, -0.2) is 19.6 Å².